The summed E-state index contributed by atoms with van der Waals surface area (Å²) in [5, 5.41) is 12.1. The Hall–Kier alpha value is -3.28. The van der Waals surface area contributed by atoms with E-state index in [-0.39, 0.29) is 23.5 Å². The van der Waals surface area contributed by atoms with Crippen molar-refractivity contribution in [3.63, 3.8) is 0 Å². The predicted molar refractivity (Wildman–Crippen MR) is 158 cm³/mol. The van der Waals surface area contributed by atoms with Crippen LogP contribution in [0.1, 0.15) is 79.3 Å². The third-order valence-electron chi connectivity index (χ3n) is 7.51. The number of sulfonamides is 1. The molecule has 1 amide bonds. The van der Waals surface area contributed by atoms with E-state index >= 15 is 0 Å². The van der Waals surface area contributed by atoms with Crippen LogP contribution in [0.3, 0.4) is 0 Å². The predicted octanol–water partition coefficient (Wildman–Crippen LogP) is 5.58. The van der Waals surface area contributed by atoms with Crippen molar-refractivity contribution in [2.75, 3.05) is 26.8 Å². The minimum Gasteiger partial charge on any atom is -0.481 e. The maximum absolute atomic E-state index is 13.5. The van der Waals surface area contributed by atoms with Gasteiger partial charge in [-0.15, -0.1) is 0 Å². The quantitative estimate of drug-likeness (QED) is 0.172. The van der Waals surface area contributed by atoms with Crippen molar-refractivity contribution in [2.45, 2.75) is 63.5 Å². The van der Waals surface area contributed by atoms with E-state index in [0.717, 1.165) is 31.2 Å². The molecule has 0 bridgehead atoms. The van der Waals surface area contributed by atoms with Crippen LogP contribution in [0, 0.1) is 11.7 Å². The van der Waals surface area contributed by atoms with Crippen LogP contribution in [0.2, 0.25) is 0 Å². The number of furan rings is 1. The number of hydrogen-bond donors (Lipinski definition) is 3. The van der Waals surface area contributed by atoms with Crippen LogP contribution in [0.4, 0.5) is 4.39 Å². The molecule has 3 aromatic rings. The average molecular weight is 603 g/mol. The Balaban J connectivity index is 1.37. The fourth-order valence-electron chi connectivity index (χ4n) is 4.96. The number of carbonyl (C=O) groups is 2. The van der Waals surface area contributed by atoms with Crippen molar-refractivity contribution < 1.29 is 36.7 Å². The molecule has 1 atom stereocenters. The molecule has 3 N–H and O–H groups in total. The first-order chi connectivity index (χ1) is 20.1. The summed E-state index contributed by atoms with van der Waals surface area (Å²) in [6.07, 6.45) is 5.43. The molecule has 1 aliphatic rings. The number of carboxylic acid groups (broad SMARTS) is 1. The summed E-state index contributed by atoms with van der Waals surface area (Å²) < 4.78 is 53.9. The molecule has 1 heterocycles. The molecular weight excluding hydrogens is 563 g/mol. The van der Waals surface area contributed by atoms with Gasteiger partial charge in [0.05, 0.1) is 17.2 Å². The van der Waals surface area contributed by atoms with Gasteiger partial charge < -0.3 is 19.6 Å². The summed E-state index contributed by atoms with van der Waals surface area (Å²) in [7, 11) is -2.09. The Morgan fingerprint density at radius 3 is 2.48 bits per heavy atom. The van der Waals surface area contributed by atoms with Gasteiger partial charge in [0.15, 0.2) is 0 Å². The van der Waals surface area contributed by atoms with Gasteiger partial charge in [0, 0.05) is 37.8 Å². The molecule has 1 unspecified atom stereocenters. The molecule has 11 heteroatoms. The van der Waals surface area contributed by atoms with E-state index in [4.69, 9.17) is 14.3 Å². The second-order valence-electron chi connectivity index (χ2n) is 10.9. The number of amides is 1. The highest BCUT2D eigenvalue weighted by Gasteiger charge is 2.30. The van der Waals surface area contributed by atoms with Crippen LogP contribution in [0.15, 0.2) is 40.8 Å². The van der Waals surface area contributed by atoms with E-state index in [1.807, 2.05) is 6.07 Å². The summed E-state index contributed by atoms with van der Waals surface area (Å²) >= 11 is 0. The maximum Gasteiger partial charge on any atom is 0.306 e. The minimum absolute atomic E-state index is 0.200. The Labute approximate surface area is 245 Å². The van der Waals surface area contributed by atoms with Crippen molar-refractivity contribution in [1.29, 1.82) is 0 Å². The first-order valence-corrected chi connectivity index (χ1v) is 16.1. The molecule has 1 aliphatic carbocycles. The highest BCUT2D eigenvalue weighted by Crippen LogP contribution is 2.45. The van der Waals surface area contributed by atoms with Crippen LogP contribution in [0.25, 0.3) is 22.3 Å². The highest BCUT2D eigenvalue weighted by molar-refractivity contribution is 7.88. The van der Waals surface area contributed by atoms with Crippen molar-refractivity contribution in [1.82, 2.24) is 10.0 Å². The number of aliphatic carboxylic acids is 1. The number of unbranched alkanes of at least 4 members (excludes halogenated alkanes) is 2. The largest absolute Gasteiger partial charge is 0.481 e. The number of carboxylic acids is 1. The third kappa shape index (κ3) is 8.39. The lowest BCUT2D eigenvalue weighted by Gasteiger charge is -2.12. The number of ether oxygens (including phenoxy) is 1. The van der Waals surface area contributed by atoms with Crippen LogP contribution in [-0.4, -0.2) is 52.2 Å². The molecule has 0 radical (unpaired) electrons. The maximum atomic E-state index is 13.5. The molecule has 9 nitrogen and oxygen atoms in total. The number of nitrogens with one attached hydrogen (secondary N) is 2. The molecule has 1 aromatic heterocycles. The second kappa shape index (κ2) is 14.3. The van der Waals surface area contributed by atoms with Crippen LogP contribution in [0.5, 0.6) is 0 Å². The van der Waals surface area contributed by atoms with E-state index in [0.29, 0.717) is 72.4 Å². The fourth-order valence-corrected chi connectivity index (χ4v) is 6.18. The molecule has 2 aromatic carbocycles. The number of benzene rings is 2. The molecular formula is C31H39FN2O7S. The zero-order valence-electron chi connectivity index (χ0n) is 24.1. The number of fused-ring (bicyclic) bond motifs is 1. The van der Waals surface area contributed by atoms with Gasteiger partial charge in [-0.2, -0.15) is 0 Å². The van der Waals surface area contributed by atoms with Crippen molar-refractivity contribution in [3.05, 3.63) is 58.9 Å². The van der Waals surface area contributed by atoms with Gasteiger partial charge in [0.25, 0.3) is 5.91 Å². The molecule has 1 saturated carbocycles. The topological polar surface area (TPSA) is 135 Å². The Morgan fingerprint density at radius 1 is 1.10 bits per heavy atom. The molecule has 4 rings (SSSR count). The van der Waals surface area contributed by atoms with Gasteiger partial charge in [-0.05, 0) is 98.4 Å². The zero-order valence-corrected chi connectivity index (χ0v) is 24.9. The van der Waals surface area contributed by atoms with Crippen LogP contribution < -0.4 is 10.0 Å². The Kier molecular flexibility index (Phi) is 10.7. The van der Waals surface area contributed by atoms with Crippen LogP contribution >= 0.6 is 0 Å². The summed E-state index contributed by atoms with van der Waals surface area (Å²) in [4.78, 5) is 23.7. The molecule has 42 heavy (non-hydrogen) atoms. The van der Waals surface area contributed by atoms with Gasteiger partial charge in [0.2, 0.25) is 10.0 Å². The SMILES string of the molecule is CNC(=O)c1c(-c2ccc(F)cc2)oc2cc(CS(=O)(=O)NCCCCCOCCCC(C)C(=O)O)c(C3CC3)cc12. The second-order valence-corrected chi connectivity index (χ2v) is 12.7. The van der Waals surface area contributed by atoms with Crippen molar-refractivity contribution >= 4 is 32.9 Å². The van der Waals surface area contributed by atoms with E-state index in [1.165, 1.54) is 19.2 Å². The minimum atomic E-state index is -3.62. The van der Waals surface area contributed by atoms with Gasteiger partial charge in [-0.25, -0.2) is 17.5 Å². The van der Waals surface area contributed by atoms with Gasteiger partial charge >= 0.3 is 5.97 Å². The summed E-state index contributed by atoms with van der Waals surface area (Å²) in [6, 6.07) is 9.29. The monoisotopic (exact) mass is 602 g/mol. The van der Waals surface area contributed by atoms with Gasteiger partial charge in [0.1, 0.15) is 17.2 Å². The summed E-state index contributed by atoms with van der Waals surface area (Å²) in [5.41, 5.74) is 2.84. The molecule has 0 saturated heterocycles. The van der Waals surface area contributed by atoms with E-state index in [1.54, 1.807) is 25.1 Å². The first-order valence-electron chi connectivity index (χ1n) is 14.4. The lowest BCUT2D eigenvalue weighted by molar-refractivity contribution is -0.141. The Morgan fingerprint density at radius 2 is 1.81 bits per heavy atom. The standard InChI is InChI=1S/C31H39FN2O7S/c1-20(31(36)37)7-6-16-40-15-5-3-4-14-34-42(38,39)19-23-17-27-26(18-25(23)21-8-9-21)28(30(35)33-2)29(41-27)22-10-12-24(32)13-11-22/h10-13,17-18,20-21,34H,3-9,14-16,19H2,1-2H3,(H,33,35)(H,36,37). The lowest BCUT2D eigenvalue weighted by Crippen LogP contribution is -2.26. The third-order valence-corrected chi connectivity index (χ3v) is 8.84. The fraction of sp³-hybridized carbons (Fsp3) is 0.484. The Bertz CT molecular complexity index is 1500. The molecule has 0 spiro atoms. The summed E-state index contributed by atoms with van der Waals surface area (Å²) in [6.45, 7) is 3.07. The van der Waals surface area contributed by atoms with E-state index in [2.05, 4.69) is 10.0 Å². The summed E-state index contributed by atoms with van der Waals surface area (Å²) in [5.74, 6) is -1.57. The molecule has 0 aliphatic heterocycles. The number of halogens is 1. The zero-order chi connectivity index (χ0) is 30.3. The van der Waals surface area contributed by atoms with Gasteiger partial charge in [-0.1, -0.05) is 6.92 Å². The smallest absolute Gasteiger partial charge is 0.306 e. The van der Waals surface area contributed by atoms with Crippen molar-refractivity contribution in [2.24, 2.45) is 5.92 Å². The van der Waals surface area contributed by atoms with Crippen molar-refractivity contribution in [3.8, 4) is 11.3 Å². The van der Waals surface area contributed by atoms with E-state index in [9.17, 15) is 22.4 Å². The lowest BCUT2D eigenvalue weighted by atomic mass is 9.98. The van der Waals surface area contributed by atoms with E-state index < -0.39 is 21.8 Å². The normalized spacial score (nSPS) is 14.3. The molecule has 228 valence electrons. The first kappa shape index (κ1) is 31.7. The number of rotatable bonds is 17. The van der Waals surface area contributed by atoms with Crippen LogP contribution in [-0.2, 0) is 25.3 Å². The number of hydrogen-bond acceptors (Lipinski definition) is 6. The van der Waals surface area contributed by atoms with Gasteiger partial charge in [-0.3, -0.25) is 9.59 Å². The molecule has 1 fully saturated rings. The average Bonchev–Trinajstić information content (AvgIpc) is 3.73. The number of carbonyl (C=O) groups excluding carboxylic acids is 1. The highest BCUT2D eigenvalue weighted by atomic mass is 32.2.